The maximum atomic E-state index is 11.0. The first kappa shape index (κ1) is 9.85. The minimum atomic E-state index is 0.299. The highest BCUT2D eigenvalue weighted by Crippen LogP contribution is 2.22. The van der Waals surface area contributed by atoms with E-state index in [4.69, 9.17) is 0 Å². The number of hydrogen-bond donors (Lipinski definition) is 1. The summed E-state index contributed by atoms with van der Waals surface area (Å²) in [5.41, 5.74) is 1.30. The van der Waals surface area contributed by atoms with Crippen LogP contribution in [0.25, 0.3) is 0 Å². The lowest BCUT2D eigenvalue weighted by Gasteiger charge is -2.14. The topological polar surface area (TPSA) is 17.1 Å². The minimum Gasteiger partial charge on any atom is -0.295 e. The maximum Gasteiger partial charge on any atom is 0.155 e. The molecule has 0 saturated carbocycles. The molecule has 0 bridgehead atoms. The van der Waals surface area contributed by atoms with Gasteiger partial charge in [0.2, 0.25) is 0 Å². The Bertz CT molecular complexity index is 196. The van der Waals surface area contributed by atoms with Crippen molar-refractivity contribution in [1.82, 2.24) is 0 Å². The third kappa shape index (κ3) is 3.02. The molecule has 1 unspecified atom stereocenters. The largest absolute Gasteiger partial charge is 0.295 e. The van der Waals surface area contributed by atoms with Crippen molar-refractivity contribution in [2.45, 2.75) is 44.3 Å². The summed E-state index contributed by atoms with van der Waals surface area (Å²) in [6.07, 6.45) is 6.77. The molecule has 0 aromatic carbocycles. The van der Waals surface area contributed by atoms with Crippen LogP contribution in [0, 0.1) is 0 Å². The van der Waals surface area contributed by atoms with Gasteiger partial charge in [-0.1, -0.05) is 12.5 Å². The summed E-state index contributed by atoms with van der Waals surface area (Å²) in [4.78, 5) is 11.0. The van der Waals surface area contributed by atoms with Crippen molar-refractivity contribution in [2.24, 2.45) is 0 Å². The van der Waals surface area contributed by atoms with Gasteiger partial charge < -0.3 is 0 Å². The Balaban J connectivity index is 2.45. The van der Waals surface area contributed by atoms with Crippen LogP contribution >= 0.6 is 12.6 Å². The Hall–Kier alpha value is -0.240. The molecule has 1 atom stereocenters. The van der Waals surface area contributed by atoms with Crippen LogP contribution in [0.1, 0.15) is 39.0 Å². The molecule has 0 heterocycles. The van der Waals surface area contributed by atoms with Crippen molar-refractivity contribution >= 4 is 18.4 Å². The molecule has 0 spiro atoms. The fraction of sp³-hybridized carbons (Fsp3) is 0.700. The van der Waals surface area contributed by atoms with E-state index in [-0.39, 0.29) is 0 Å². The molecule has 2 heteroatoms. The van der Waals surface area contributed by atoms with E-state index in [1.165, 1.54) is 5.57 Å². The summed E-state index contributed by atoms with van der Waals surface area (Å²) >= 11 is 4.42. The molecule has 0 N–H and O–H groups in total. The van der Waals surface area contributed by atoms with Gasteiger partial charge in [0.05, 0.1) is 0 Å². The smallest absolute Gasteiger partial charge is 0.155 e. The molecule has 1 nitrogen and oxygen atoms in total. The molecule has 1 rings (SSSR count). The fourth-order valence-electron chi connectivity index (χ4n) is 1.47. The highest BCUT2D eigenvalue weighted by molar-refractivity contribution is 7.80. The predicted octanol–water partition coefficient (Wildman–Crippen LogP) is 2.76. The lowest BCUT2D eigenvalue weighted by Crippen LogP contribution is -2.06. The van der Waals surface area contributed by atoms with Gasteiger partial charge >= 0.3 is 0 Å². The summed E-state index contributed by atoms with van der Waals surface area (Å²) in [6.45, 7) is 2.13. The zero-order valence-corrected chi connectivity index (χ0v) is 8.44. The molecular formula is C10H16OS. The summed E-state index contributed by atoms with van der Waals surface area (Å²) in [6, 6.07) is 0. The number of carbonyl (C=O) groups excluding carboxylic acids is 1. The number of allylic oxidation sites excluding steroid dienone is 2. The molecule has 0 amide bonds. The number of carbonyl (C=O) groups is 1. The Labute approximate surface area is 79.6 Å². The van der Waals surface area contributed by atoms with Gasteiger partial charge in [-0.25, -0.2) is 0 Å². The first-order valence-corrected chi connectivity index (χ1v) is 5.14. The van der Waals surface area contributed by atoms with E-state index in [1.807, 2.05) is 6.08 Å². The van der Waals surface area contributed by atoms with Gasteiger partial charge in [0, 0.05) is 11.7 Å². The first-order valence-electron chi connectivity index (χ1n) is 4.62. The Kier molecular flexibility index (Phi) is 3.86. The van der Waals surface area contributed by atoms with Crippen LogP contribution in [0.3, 0.4) is 0 Å². The van der Waals surface area contributed by atoms with Gasteiger partial charge in [0.15, 0.2) is 5.78 Å². The van der Waals surface area contributed by atoms with E-state index < -0.39 is 0 Å². The van der Waals surface area contributed by atoms with E-state index in [1.54, 1.807) is 0 Å². The zero-order valence-electron chi connectivity index (χ0n) is 7.55. The maximum absolute atomic E-state index is 11.0. The van der Waals surface area contributed by atoms with Crippen LogP contribution in [0.15, 0.2) is 11.6 Å². The summed E-state index contributed by atoms with van der Waals surface area (Å²) in [5.74, 6) is 0.299. The quantitative estimate of drug-likeness (QED) is 0.667. The molecule has 1 aliphatic rings. The molecule has 0 radical (unpaired) electrons. The highest BCUT2D eigenvalue weighted by Gasteiger charge is 2.11. The van der Waals surface area contributed by atoms with E-state index in [0.717, 1.165) is 32.1 Å². The third-order valence-corrected chi connectivity index (χ3v) is 2.80. The number of rotatable bonds is 3. The van der Waals surface area contributed by atoms with Crippen molar-refractivity contribution in [3.05, 3.63) is 11.6 Å². The van der Waals surface area contributed by atoms with E-state index in [0.29, 0.717) is 11.0 Å². The standard InChI is InChI=1S/C10H16OS/c1-2-10(12)7-8-4-3-5-9(11)6-8/h6,10,12H,2-5,7H2,1H3. The number of hydrogen-bond acceptors (Lipinski definition) is 2. The van der Waals surface area contributed by atoms with Crippen molar-refractivity contribution in [3.8, 4) is 0 Å². The minimum absolute atomic E-state index is 0.299. The lowest BCUT2D eigenvalue weighted by atomic mass is 9.95. The predicted molar refractivity (Wildman–Crippen MR) is 54.6 cm³/mol. The monoisotopic (exact) mass is 184 g/mol. The fourth-order valence-corrected chi connectivity index (χ4v) is 1.70. The molecule has 68 valence electrons. The Morgan fingerprint density at radius 1 is 1.58 bits per heavy atom. The summed E-state index contributed by atoms with van der Waals surface area (Å²) in [7, 11) is 0. The Morgan fingerprint density at radius 2 is 2.33 bits per heavy atom. The first-order chi connectivity index (χ1) is 5.72. The Morgan fingerprint density at radius 3 is 2.92 bits per heavy atom. The number of ketones is 1. The van der Waals surface area contributed by atoms with Crippen LogP contribution in [0.2, 0.25) is 0 Å². The van der Waals surface area contributed by atoms with Gasteiger partial charge in [-0.05, 0) is 31.8 Å². The van der Waals surface area contributed by atoms with Crippen molar-refractivity contribution < 1.29 is 4.79 Å². The van der Waals surface area contributed by atoms with Gasteiger partial charge in [-0.15, -0.1) is 0 Å². The number of thiol groups is 1. The van der Waals surface area contributed by atoms with Crippen LogP contribution in [0.4, 0.5) is 0 Å². The second kappa shape index (κ2) is 4.70. The molecule has 0 aromatic rings. The molecule has 0 aliphatic heterocycles. The van der Waals surface area contributed by atoms with Crippen molar-refractivity contribution in [1.29, 1.82) is 0 Å². The average molecular weight is 184 g/mol. The van der Waals surface area contributed by atoms with E-state index >= 15 is 0 Å². The molecular weight excluding hydrogens is 168 g/mol. The van der Waals surface area contributed by atoms with Gasteiger partial charge in [0.1, 0.15) is 0 Å². The molecule has 0 aromatic heterocycles. The highest BCUT2D eigenvalue weighted by atomic mass is 32.1. The summed E-state index contributed by atoms with van der Waals surface area (Å²) in [5, 5.41) is 0.433. The molecule has 0 fully saturated rings. The van der Waals surface area contributed by atoms with Gasteiger partial charge in [0.25, 0.3) is 0 Å². The molecule has 12 heavy (non-hydrogen) atoms. The summed E-state index contributed by atoms with van der Waals surface area (Å²) < 4.78 is 0. The van der Waals surface area contributed by atoms with Gasteiger partial charge in [-0.2, -0.15) is 12.6 Å². The zero-order chi connectivity index (χ0) is 8.97. The SMILES string of the molecule is CCC(S)CC1=CC(=O)CCC1. The average Bonchev–Trinajstić information content (AvgIpc) is 2.04. The van der Waals surface area contributed by atoms with E-state index in [9.17, 15) is 4.79 Å². The van der Waals surface area contributed by atoms with Crippen LogP contribution in [-0.2, 0) is 4.79 Å². The second-order valence-electron chi connectivity index (χ2n) is 3.39. The van der Waals surface area contributed by atoms with Crippen LogP contribution in [0.5, 0.6) is 0 Å². The van der Waals surface area contributed by atoms with Crippen molar-refractivity contribution in [2.75, 3.05) is 0 Å². The molecule has 0 saturated heterocycles. The van der Waals surface area contributed by atoms with E-state index in [2.05, 4.69) is 19.6 Å². The second-order valence-corrected chi connectivity index (χ2v) is 4.12. The third-order valence-electron chi connectivity index (χ3n) is 2.26. The van der Waals surface area contributed by atoms with Gasteiger partial charge in [-0.3, -0.25) is 4.79 Å². The van der Waals surface area contributed by atoms with Crippen molar-refractivity contribution in [3.63, 3.8) is 0 Å². The lowest BCUT2D eigenvalue weighted by molar-refractivity contribution is -0.115. The molecule has 1 aliphatic carbocycles. The normalized spacial score (nSPS) is 20.5. The van der Waals surface area contributed by atoms with Crippen LogP contribution in [-0.4, -0.2) is 11.0 Å². The van der Waals surface area contributed by atoms with Crippen LogP contribution < -0.4 is 0 Å².